The standard InChI is InChI=1S/C22H26Cl2N4O2/c1-14-10-16(15(2)28(14)20-11-17(23)8-9-19(20)24)13-25-27-22(30)12-21(29)26-18-6-4-3-5-7-18/h8-11,13,18H,3-7,12H2,1-2H3,(H,26,29)(H,27,30)/b25-13+. The minimum atomic E-state index is -0.439. The fraction of sp³-hybridized carbons (Fsp3) is 0.409. The molecule has 3 rings (SSSR count). The van der Waals surface area contributed by atoms with Crippen LogP contribution in [-0.2, 0) is 9.59 Å². The molecule has 2 amide bonds. The number of amides is 2. The first-order valence-electron chi connectivity index (χ1n) is 10.1. The number of nitrogens with one attached hydrogen (secondary N) is 2. The van der Waals surface area contributed by atoms with Crippen LogP contribution in [0, 0.1) is 13.8 Å². The Balaban J connectivity index is 1.60. The number of carbonyl (C=O) groups is 2. The summed E-state index contributed by atoms with van der Waals surface area (Å²) in [4.78, 5) is 24.0. The van der Waals surface area contributed by atoms with E-state index in [1.165, 1.54) is 6.42 Å². The maximum atomic E-state index is 12.0. The zero-order valence-electron chi connectivity index (χ0n) is 17.2. The fourth-order valence-corrected chi connectivity index (χ4v) is 4.20. The lowest BCUT2D eigenvalue weighted by molar-refractivity contribution is -0.129. The quantitative estimate of drug-likeness (QED) is 0.382. The molecular formula is C22H26Cl2N4O2. The number of aryl methyl sites for hydroxylation is 1. The van der Waals surface area contributed by atoms with Crippen molar-refractivity contribution in [3.05, 3.63) is 51.3 Å². The molecule has 0 saturated heterocycles. The zero-order chi connectivity index (χ0) is 21.7. The number of hydrogen-bond acceptors (Lipinski definition) is 3. The van der Waals surface area contributed by atoms with E-state index in [0.717, 1.165) is 48.3 Å². The molecule has 1 aromatic heterocycles. The largest absolute Gasteiger partial charge is 0.353 e. The Morgan fingerprint density at radius 1 is 1.13 bits per heavy atom. The van der Waals surface area contributed by atoms with Crippen molar-refractivity contribution in [2.24, 2.45) is 5.10 Å². The predicted molar refractivity (Wildman–Crippen MR) is 121 cm³/mol. The van der Waals surface area contributed by atoms with Crippen LogP contribution in [0.2, 0.25) is 10.0 Å². The van der Waals surface area contributed by atoms with E-state index < -0.39 is 5.91 Å². The van der Waals surface area contributed by atoms with Gasteiger partial charge in [-0.1, -0.05) is 42.5 Å². The van der Waals surface area contributed by atoms with Gasteiger partial charge in [0.2, 0.25) is 11.8 Å². The molecule has 1 heterocycles. The smallest absolute Gasteiger partial charge is 0.249 e. The molecule has 8 heteroatoms. The maximum absolute atomic E-state index is 12.0. The van der Waals surface area contributed by atoms with E-state index in [4.69, 9.17) is 23.2 Å². The highest BCUT2D eigenvalue weighted by Crippen LogP contribution is 2.28. The molecule has 0 aliphatic heterocycles. The summed E-state index contributed by atoms with van der Waals surface area (Å²) in [6.07, 6.45) is 6.76. The first-order valence-corrected chi connectivity index (χ1v) is 10.9. The monoisotopic (exact) mass is 448 g/mol. The van der Waals surface area contributed by atoms with Gasteiger partial charge in [-0.3, -0.25) is 9.59 Å². The molecule has 0 spiro atoms. The molecule has 1 aromatic carbocycles. The first kappa shape index (κ1) is 22.4. The molecule has 160 valence electrons. The average Bonchev–Trinajstić information content (AvgIpc) is 2.98. The normalized spacial score (nSPS) is 14.8. The second-order valence-electron chi connectivity index (χ2n) is 7.63. The van der Waals surface area contributed by atoms with E-state index in [1.54, 1.807) is 24.4 Å². The van der Waals surface area contributed by atoms with Crippen LogP contribution in [0.25, 0.3) is 5.69 Å². The lowest BCUT2D eigenvalue weighted by atomic mass is 9.95. The lowest BCUT2D eigenvalue weighted by Crippen LogP contribution is -2.38. The third kappa shape index (κ3) is 5.64. The van der Waals surface area contributed by atoms with Crippen molar-refractivity contribution in [1.82, 2.24) is 15.3 Å². The van der Waals surface area contributed by atoms with Crippen molar-refractivity contribution in [3.63, 3.8) is 0 Å². The van der Waals surface area contributed by atoms with Crippen molar-refractivity contribution < 1.29 is 9.59 Å². The van der Waals surface area contributed by atoms with Crippen molar-refractivity contribution in [3.8, 4) is 5.69 Å². The molecule has 2 N–H and O–H groups in total. The van der Waals surface area contributed by atoms with E-state index in [1.807, 2.05) is 24.5 Å². The Labute approximate surface area is 186 Å². The summed E-state index contributed by atoms with van der Waals surface area (Å²) >= 11 is 12.5. The molecule has 1 aliphatic carbocycles. The van der Waals surface area contributed by atoms with Gasteiger partial charge in [0.1, 0.15) is 6.42 Å². The van der Waals surface area contributed by atoms with Gasteiger partial charge in [0.15, 0.2) is 0 Å². The van der Waals surface area contributed by atoms with Gasteiger partial charge in [0.05, 0.1) is 16.9 Å². The van der Waals surface area contributed by atoms with Crippen LogP contribution in [0.3, 0.4) is 0 Å². The van der Waals surface area contributed by atoms with Crippen LogP contribution in [0.1, 0.15) is 55.5 Å². The van der Waals surface area contributed by atoms with Gasteiger partial charge >= 0.3 is 0 Å². The van der Waals surface area contributed by atoms with Crippen LogP contribution in [0.15, 0.2) is 29.4 Å². The first-order chi connectivity index (χ1) is 14.3. The number of hydrazone groups is 1. The number of benzene rings is 1. The summed E-state index contributed by atoms with van der Waals surface area (Å²) < 4.78 is 1.98. The van der Waals surface area contributed by atoms with Gasteiger partial charge in [-0.15, -0.1) is 0 Å². The number of hydrogen-bond donors (Lipinski definition) is 2. The fourth-order valence-electron chi connectivity index (χ4n) is 3.83. The van der Waals surface area contributed by atoms with Gasteiger partial charge in [0, 0.05) is 28.0 Å². The summed E-state index contributed by atoms with van der Waals surface area (Å²) in [5.41, 5.74) is 5.90. The van der Waals surface area contributed by atoms with Crippen molar-refractivity contribution in [1.29, 1.82) is 0 Å². The van der Waals surface area contributed by atoms with E-state index in [9.17, 15) is 9.59 Å². The molecule has 0 atom stereocenters. The molecule has 0 bridgehead atoms. The van der Waals surface area contributed by atoms with E-state index in [0.29, 0.717) is 10.0 Å². The van der Waals surface area contributed by atoms with Crippen molar-refractivity contribution in [2.75, 3.05) is 0 Å². The molecule has 0 radical (unpaired) electrons. The van der Waals surface area contributed by atoms with Crippen LogP contribution in [-0.4, -0.2) is 28.6 Å². The van der Waals surface area contributed by atoms with Crippen molar-refractivity contribution >= 4 is 41.2 Å². The number of halogens is 2. The Morgan fingerprint density at radius 3 is 2.60 bits per heavy atom. The Kier molecular flexibility index (Phi) is 7.56. The second-order valence-corrected chi connectivity index (χ2v) is 8.47. The van der Waals surface area contributed by atoms with Gasteiger partial charge in [0.25, 0.3) is 0 Å². The molecule has 1 aliphatic rings. The van der Waals surface area contributed by atoms with E-state index in [-0.39, 0.29) is 18.4 Å². The number of rotatable bonds is 6. The highest BCUT2D eigenvalue weighted by molar-refractivity contribution is 6.34. The van der Waals surface area contributed by atoms with Gasteiger partial charge in [-0.05, 0) is 51.0 Å². The summed E-state index contributed by atoms with van der Waals surface area (Å²) in [5, 5.41) is 8.12. The van der Waals surface area contributed by atoms with E-state index in [2.05, 4.69) is 15.8 Å². The minimum absolute atomic E-state index is 0.186. The highest BCUT2D eigenvalue weighted by atomic mass is 35.5. The third-order valence-electron chi connectivity index (χ3n) is 5.30. The Morgan fingerprint density at radius 2 is 1.87 bits per heavy atom. The molecule has 6 nitrogen and oxygen atoms in total. The summed E-state index contributed by atoms with van der Waals surface area (Å²) in [6.45, 7) is 3.89. The number of carbonyl (C=O) groups excluding carboxylic acids is 2. The second kappa shape index (κ2) is 10.1. The zero-order valence-corrected chi connectivity index (χ0v) is 18.7. The average molecular weight is 449 g/mol. The Hall–Kier alpha value is -2.31. The van der Waals surface area contributed by atoms with E-state index >= 15 is 0 Å². The minimum Gasteiger partial charge on any atom is -0.353 e. The summed E-state index contributed by atoms with van der Waals surface area (Å²) in [7, 11) is 0. The third-order valence-corrected chi connectivity index (χ3v) is 5.86. The summed E-state index contributed by atoms with van der Waals surface area (Å²) in [5.74, 6) is -0.699. The molecular weight excluding hydrogens is 423 g/mol. The summed E-state index contributed by atoms with van der Waals surface area (Å²) in [6, 6.07) is 7.43. The molecule has 30 heavy (non-hydrogen) atoms. The Bertz CT molecular complexity index is 962. The highest BCUT2D eigenvalue weighted by Gasteiger charge is 2.17. The van der Waals surface area contributed by atoms with Gasteiger partial charge in [-0.2, -0.15) is 5.10 Å². The lowest BCUT2D eigenvalue weighted by Gasteiger charge is -2.22. The van der Waals surface area contributed by atoms with Crippen LogP contribution in [0.4, 0.5) is 0 Å². The number of aromatic nitrogens is 1. The van der Waals surface area contributed by atoms with Crippen LogP contribution in [0.5, 0.6) is 0 Å². The van der Waals surface area contributed by atoms with Crippen LogP contribution >= 0.6 is 23.2 Å². The molecule has 1 fully saturated rings. The van der Waals surface area contributed by atoms with Gasteiger partial charge in [-0.25, -0.2) is 5.43 Å². The SMILES string of the molecule is Cc1cc(/C=N/NC(=O)CC(=O)NC2CCCCC2)c(C)n1-c1cc(Cl)ccc1Cl. The molecule has 0 unspecified atom stereocenters. The van der Waals surface area contributed by atoms with Crippen LogP contribution < -0.4 is 10.7 Å². The topological polar surface area (TPSA) is 75.5 Å². The van der Waals surface area contributed by atoms with Crippen molar-refractivity contribution in [2.45, 2.75) is 58.4 Å². The molecule has 2 aromatic rings. The molecule has 1 saturated carbocycles. The van der Waals surface area contributed by atoms with Gasteiger partial charge < -0.3 is 9.88 Å². The maximum Gasteiger partial charge on any atom is 0.249 e. The number of nitrogens with zero attached hydrogens (tertiary/aromatic N) is 2. The predicted octanol–water partition coefficient (Wildman–Crippen LogP) is 4.69.